The number of rotatable bonds is 4. The zero-order valence-corrected chi connectivity index (χ0v) is 29.1. The topological polar surface area (TPSA) is 35.1 Å². The summed E-state index contributed by atoms with van der Waals surface area (Å²) in [7, 11) is 0. The lowest BCUT2D eigenvalue weighted by atomic mass is 9.96. The van der Waals surface area contributed by atoms with Crippen LogP contribution in [0, 0.1) is 0 Å². The van der Waals surface area contributed by atoms with Gasteiger partial charge in [0.05, 0.1) is 38.8 Å². The van der Waals surface area contributed by atoms with Gasteiger partial charge >= 0.3 is 0 Å². The summed E-state index contributed by atoms with van der Waals surface area (Å²) in [6.45, 7) is 0. The summed E-state index contributed by atoms with van der Waals surface area (Å²) in [5.41, 5.74) is 13.5. The molecule has 4 heteroatoms. The van der Waals surface area contributed by atoms with Crippen molar-refractivity contribution in [2.75, 3.05) is 0 Å². The maximum absolute atomic E-state index is 5.22. The van der Waals surface area contributed by atoms with Crippen molar-refractivity contribution < 1.29 is 0 Å². The third-order valence-electron chi connectivity index (χ3n) is 11.2. The maximum atomic E-state index is 5.22. The molecule has 0 saturated heterocycles. The molecule has 8 aromatic carbocycles. The van der Waals surface area contributed by atoms with Gasteiger partial charge < -0.3 is 8.97 Å². The van der Waals surface area contributed by atoms with Crippen LogP contribution in [0.25, 0.3) is 110 Å². The third kappa shape index (κ3) is 4.02. The van der Waals surface area contributed by atoms with E-state index in [9.17, 15) is 0 Å². The van der Waals surface area contributed by atoms with Crippen molar-refractivity contribution in [2.24, 2.45) is 0 Å². The van der Waals surface area contributed by atoms with Gasteiger partial charge in [0.15, 0.2) is 5.82 Å². The Morgan fingerprint density at radius 1 is 0.370 bits per heavy atom. The van der Waals surface area contributed by atoms with Gasteiger partial charge in [0.25, 0.3) is 0 Å². The summed E-state index contributed by atoms with van der Waals surface area (Å²) >= 11 is 0. The molecule has 0 N–H and O–H groups in total. The lowest BCUT2D eigenvalue weighted by Gasteiger charge is -2.11. The molecule has 0 radical (unpaired) electrons. The normalized spacial score (nSPS) is 12.1. The highest BCUT2D eigenvalue weighted by atomic mass is 15.0. The van der Waals surface area contributed by atoms with Crippen LogP contribution < -0.4 is 0 Å². The molecule has 0 aliphatic heterocycles. The molecule has 250 valence electrons. The number of benzene rings is 8. The van der Waals surface area contributed by atoms with Crippen molar-refractivity contribution in [3.63, 3.8) is 0 Å². The van der Waals surface area contributed by atoms with Gasteiger partial charge in [-0.05, 0) is 59.7 Å². The summed E-state index contributed by atoms with van der Waals surface area (Å²) < 4.78 is 4.95. The molecule has 0 amide bonds. The minimum Gasteiger partial charge on any atom is -0.309 e. The van der Waals surface area contributed by atoms with Crippen molar-refractivity contribution in [2.45, 2.75) is 0 Å². The Labute approximate surface area is 310 Å². The molecular formula is C50H30N4. The van der Waals surface area contributed by atoms with Crippen molar-refractivity contribution in [1.82, 2.24) is 18.9 Å². The summed E-state index contributed by atoms with van der Waals surface area (Å²) in [4.78, 5) is 10.3. The first kappa shape index (κ1) is 29.3. The molecule has 12 aromatic rings. The van der Waals surface area contributed by atoms with Gasteiger partial charge in [-0.25, -0.2) is 9.97 Å². The van der Waals surface area contributed by atoms with Crippen molar-refractivity contribution in [3.8, 4) is 39.5 Å². The van der Waals surface area contributed by atoms with Gasteiger partial charge in [-0.2, -0.15) is 0 Å². The van der Waals surface area contributed by atoms with Crippen LogP contribution in [-0.4, -0.2) is 18.9 Å². The van der Waals surface area contributed by atoms with Crippen LogP contribution in [0.1, 0.15) is 0 Å². The lowest BCUT2D eigenvalue weighted by Crippen LogP contribution is -1.95. The Hall–Kier alpha value is -7.30. The highest BCUT2D eigenvalue weighted by Gasteiger charge is 2.25. The van der Waals surface area contributed by atoms with E-state index in [0.717, 1.165) is 39.0 Å². The summed E-state index contributed by atoms with van der Waals surface area (Å²) in [6, 6.07) is 65.2. The zero-order valence-electron chi connectivity index (χ0n) is 29.1. The molecule has 4 aromatic heterocycles. The van der Waals surface area contributed by atoms with Crippen LogP contribution in [0.5, 0.6) is 0 Å². The first-order valence-electron chi connectivity index (χ1n) is 18.4. The second kappa shape index (κ2) is 11.1. The average Bonchev–Trinajstić information content (AvgIpc) is 3.89. The molecule has 0 aliphatic rings. The van der Waals surface area contributed by atoms with Gasteiger partial charge in [-0.3, -0.25) is 0 Å². The third-order valence-corrected chi connectivity index (χ3v) is 11.2. The molecule has 0 bridgehead atoms. The van der Waals surface area contributed by atoms with E-state index in [1.165, 1.54) is 65.5 Å². The lowest BCUT2D eigenvalue weighted by molar-refractivity contribution is 1.19. The Balaban J connectivity index is 1.18. The van der Waals surface area contributed by atoms with Gasteiger partial charge in [0.2, 0.25) is 0 Å². The van der Waals surface area contributed by atoms with Crippen molar-refractivity contribution in [3.05, 3.63) is 182 Å². The fourth-order valence-electron chi connectivity index (χ4n) is 8.99. The molecule has 0 unspecified atom stereocenters. The van der Waals surface area contributed by atoms with E-state index < -0.39 is 0 Å². The molecule has 0 fully saturated rings. The van der Waals surface area contributed by atoms with Crippen LogP contribution in [0.4, 0.5) is 0 Å². The first-order chi connectivity index (χ1) is 26.8. The predicted molar refractivity (Wildman–Crippen MR) is 225 cm³/mol. The van der Waals surface area contributed by atoms with Crippen LogP contribution in [0.15, 0.2) is 182 Å². The molecule has 0 atom stereocenters. The van der Waals surface area contributed by atoms with Gasteiger partial charge in [0.1, 0.15) is 0 Å². The SMILES string of the molecule is c1ccc(-c2nc(-c3cccc(-c4cccc5c4c4cc6c7ccccc7n7c8ccccc8c(c4n5-c4ccccc4)c67)c3)nc3ccccc23)cc1. The standard InChI is InChI=1S/C50H30N4/c1-3-15-31(16-4-1)47-37-22-7-10-25-41(37)51-50(52-47)33-18-13-17-32(29-33)35-24-14-28-44-45(35)40-30-39-36-21-8-11-26-42(36)54-43-27-12-9-23-38(43)46(48(39)54)49(40)53(44)34-19-5-2-6-20-34/h1-30H. The largest absolute Gasteiger partial charge is 0.309 e. The molecule has 4 heterocycles. The smallest absolute Gasteiger partial charge is 0.160 e. The number of aromatic nitrogens is 4. The van der Waals surface area contributed by atoms with Crippen LogP contribution in [-0.2, 0) is 0 Å². The van der Waals surface area contributed by atoms with E-state index in [2.05, 4.69) is 179 Å². The first-order valence-corrected chi connectivity index (χ1v) is 18.4. The van der Waals surface area contributed by atoms with E-state index in [4.69, 9.17) is 9.97 Å². The molecular weight excluding hydrogens is 657 g/mol. The van der Waals surface area contributed by atoms with Crippen LogP contribution in [0.2, 0.25) is 0 Å². The van der Waals surface area contributed by atoms with Gasteiger partial charge in [-0.1, -0.05) is 133 Å². The van der Waals surface area contributed by atoms with E-state index in [0.29, 0.717) is 5.82 Å². The van der Waals surface area contributed by atoms with Crippen molar-refractivity contribution in [1.29, 1.82) is 0 Å². The van der Waals surface area contributed by atoms with Gasteiger partial charge in [0, 0.05) is 54.5 Å². The van der Waals surface area contributed by atoms with Crippen molar-refractivity contribution >= 4 is 70.8 Å². The number of fused-ring (bicyclic) bond motifs is 11. The average molecular weight is 687 g/mol. The molecule has 0 saturated carbocycles. The Morgan fingerprint density at radius 2 is 1.00 bits per heavy atom. The Kier molecular flexibility index (Phi) is 6.02. The monoisotopic (exact) mass is 686 g/mol. The highest BCUT2D eigenvalue weighted by Crippen LogP contribution is 2.48. The summed E-state index contributed by atoms with van der Waals surface area (Å²) in [5.74, 6) is 0.715. The Bertz CT molecular complexity index is 3430. The minimum absolute atomic E-state index is 0.715. The van der Waals surface area contributed by atoms with E-state index in [1.54, 1.807) is 0 Å². The van der Waals surface area contributed by atoms with E-state index in [-0.39, 0.29) is 0 Å². The number of hydrogen-bond donors (Lipinski definition) is 0. The molecule has 0 spiro atoms. The number of hydrogen-bond acceptors (Lipinski definition) is 2. The molecule has 12 rings (SSSR count). The van der Waals surface area contributed by atoms with E-state index in [1.807, 2.05) is 12.1 Å². The number of nitrogens with zero attached hydrogens (tertiary/aromatic N) is 4. The highest BCUT2D eigenvalue weighted by molar-refractivity contribution is 6.35. The van der Waals surface area contributed by atoms with E-state index >= 15 is 0 Å². The Morgan fingerprint density at radius 3 is 1.83 bits per heavy atom. The molecule has 0 aliphatic carbocycles. The van der Waals surface area contributed by atoms with Gasteiger partial charge in [-0.15, -0.1) is 0 Å². The summed E-state index contributed by atoms with van der Waals surface area (Å²) in [5, 5.41) is 8.62. The van der Waals surface area contributed by atoms with Crippen LogP contribution >= 0.6 is 0 Å². The fourth-order valence-corrected chi connectivity index (χ4v) is 8.99. The summed E-state index contributed by atoms with van der Waals surface area (Å²) in [6.07, 6.45) is 0. The fraction of sp³-hybridized carbons (Fsp3) is 0. The predicted octanol–water partition coefficient (Wildman–Crippen LogP) is 12.9. The maximum Gasteiger partial charge on any atom is 0.160 e. The number of para-hydroxylation sites is 4. The second-order valence-electron chi connectivity index (χ2n) is 14.1. The van der Waals surface area contributed by atoms with Crippen LogP contribution in [0.3, 0.4) is 0 Å². The zero-order chi connectivity index (χ0) is 35.3. The quantitative estimate of drug-likeness (QED) is 0.185. The minimum atomic E-state index is 0.715. The second-order valence-corrected chi connectivity index (χ2v) is 14.1. The molecule has 4 nitrogen and oxygen atoms in total. The molecule has 54 heavy (non-hydrogen) atoms.